The van der Waals surface area contributed by atoms with Crippen LogP contribution in [0.15, 0.2) is 54.6 Å². The quantitative estimate of drug-likeness (QED) is 0.708. The molecule has 0 radical (unpaired) electrons. The Kier molecular flexibility index (Phi) is 10.1. The first-order valence-electron chi connectivity index (χ1n) is 8.88. The second-order valence-corrected chi connectivity index (χ2v) is 5.39. The van der Waals surface area contributed by atoms with Gasteiger partial charge in [0, 0.05) is 6.42 Å². The van der Waals surface area contributed by atoms with E-state index in [1.165, 1.54) is 0 Å². The molecular formula is C21H28O5. The van der Waals surface area contributed by atoms with Gasteiger partial charge in [-0.2, -0.15) is 0 Å². The summed E-state index contributed by atoms with van der Waals surface area (Å²) >= 11 is 0. The molecule has 26 heavy (non-hydrogen) atoms. The van der Waals surface area contributed by atoms with Gasteiger partial charge in [-0.3, -0.25) is 0 Å². The summed E-state index contributed by atoms with van der Waals surface area (Å²) in [5.74, 6) is -0.101. The molecule has 2 aromatic rings. The molecule has 2 atom stereocenters. The Bertz CT molecular complexity index is 625. The van der Waals surface area contributed by atoms with Crippen LogP contribution in [0.3, 0.4) is 0 Å². The zero-order chi connectivity index (χ0) is 19.4. The maximum atomic E-state index is 11.4. The van der Waals surface area contributed by atoms with E-state index in [1.807, 2.05) is 44.2 Å². The minimum Gasteiger partial charge on any atom is -0.489 e. The normalized spacial score (nSPS) is 12.3. The average molecular weight is 360 g/mol. The second-order valence-electron chi connectivity index (χ2n) is 5.39. The van der Waals surface area contributed by atoms with Crippen LogP contribution >= 0.6 is 0 Å². The van der Waals surface area contributed by atoms with Crippen LogP contribution in [0.4, 0.5) is 0 Å². The van der Waals surface area contributed by atoms with E-state index in [2.05, 4.69) is 4.74 Å². The Morgan fingerprint density at radius 1 is 0.962 bits per heavy atom. The van der Waals surface area contributed by atoms with Crippen molar-refractivity contribution in [2.45, 2.75) is 46.0 Å². The standard InChI is InChI=1S/C19H22O5.C2H6/c1-2-23-19(22)18(21)17(20)12-14-8-10-16(11-9-14)24-13-15-6-4-3-5-7-15;1-2/h3-11,17-18,20-21H,2,12-13H2,1H3;1-2H3. The lowest BCUT2D eigenvalue weighted by molar-refractivity contribution is -0.159. The molecule has 0 heterocycles. The van der Waals surface area contributed by atoms with Crippen LogP contribution < -0.4 is 4.74 Å². The highest BCUT2D eigenvalue weighted by atomic mass is 16.5. The van der Waals surface area contributed by atoms with E-state index >= 15 is 0 Å². The number of esters is 1. The van der Waals surface area contributed by atoms with Crippen molar-refractivity contribution >= 4 is 5.97 Å². The van der Waals surface area contributed by atoms with E-state index in [9.17, 15) is 15.0 Å². The molecule has 2 N–H and O–H groups in total. The number of aliphatic hydroxyl groups is 2. The summed E-state index contributed by atoms with van der Waals surface area (Å²) in [7, 11) is 0. The number of aliphatic hydroxyl groups excluding tert-OH is 2. The monoisotopic (exact) mass is 360 g/mol. The lowest BCUT2D eigenvalue weighted by Gasteiger charge is -2.16. The van der Waals surface area contributed by atoms with Crippen LogP contribution in [0.5, 0.6) is 5.75 Å². The predicted molar refractivity (Wildman–Crippen MR) is 101 cm³/mol. The smallest absolute Gasteiger partial charge is 0.337 e. The zero-order valence-corrected chi connectivity index (χ0v) is 15.6. The number of carbonyl (C=O) groups is 1. The summed E-state index contributed by atoms with van der Waals surface area (Å²) in [6, 6.07) is 17.0. The molecule has 0 aliphatic heterocycles. The van der Waals surface area contributed by atoms with Gasteiger partial charge in [-0.15, -0.1) is 0 Å². The first-order chi connectivity index (χ1) is 12.6. The third-order valence-corrected chi connectivity index (χ3v) is 3.51. The van der Waals surface area contributed by atoms with Crippen molar-refractivity contribution < 1.29 is 24.5 Å². The molecule has 142 valence electrons. The van der Waals surface area contributed by atoms with Gasteiger partial charge in [0.1, 0.15) is 12.4 Å². The van der Waals surface area contributed by atoms with Gasteiger partial charge in [-0.05, 0) is 30.2 Å². The van der Waals surface area contributed by atoms with Crippen molar-refractivity contribution in [2.75, 3.05) is 6.61 Å². The van der Waals surface area contributed by atoms with Crippen molar-refractivity contribution in [3.63, 3.8) is 0 Å². The van der Waals surface area contributed by atoms with Crippen LogP contribution in [0.1, 0.15) is 31.9 Å². The van der Waals surface area contributed by atoms with Gasteiger partial charge in [0.25, 0.3) is 0 Å². The summed E-state index contributed by atoms with van der Waals surface area (Å²) in [4.78, 5) is 11.4. The number of ether oxygens (including phenoxy) is 2. The Morgan fingerprint density at radius 3 is 2.15 bits per heavy atom. The van der Waals surface area contributed by atoms with E-state index in [4.69, 9.17) is 4.74 Å². The molecule has 0 spiro atoms. The van der Waals surface area contributed by atoms with Crippen molar-refractivity contribution in [3.8, 4) is 5.75 Å². The average Bonchev–Trinajstić information content (AvgIpc) is 2.69. The van der Waals surface area contributed by atoms with Crippen LogP contribution in [0, 0.1) is 0 Å². The molecule has 0 fully saturated rings. The number of rotatable bonds is 8. The van der Waals surface area contributed by atoms with E-state index in [0.29, 0.717) is 12.4 Å². The second kappa shape index (κ2) is 12.1. The fourth-order valence-electron chi connectivity index (χ4n) is 2.20. The number of carbonyl (C=O) groups excluding carboxylic acids is 1. The number of hydrogen-bond acceptors (Lipinski definition) is 5. The molecule has 0 aromatic heterocycles. The molecule has 0 amide bonds. The van der Waals surface area contributed by atoms with Crippen LogP contribution in [0.25, 0.3) is 0 Å². The minimum atomic E-state index is -1.54. The van der Waals surface area contributed by atoms with Crippen LogP contribution in [-0.4, -0.2) is 35.0 Å². The van der Waals surface area contributed by atoms with Crippen molar-refractivity contribution in [1.29, 1.82) is 0 Å². The fourth-order valence-corrected chi connectivity index (χ4v) is 2.20. The lowest BCUT2D eigenvalue weighted by atomic mass is 10.0. The highest BCUT2D eigenvalue weighted by molar-refractivity contribution is 5.75. The number of hydrogen-bond donors (Lipinski definition) is 2. The molecule has 0 saturated carbocycles. The predicted octanol–water partition coefficient (Wildman–Crippen LogP) is 3.12. The molecule has 2 aromatic carbocycles. The fraction of sp³-hybridized carbons (Fsp3) is 0.381. The topological polar surface area (TPSA) is 76.0 Å². The third kappa shape index (κ3) is 7.25. The largest absolute Gasteiger partial charge is 0.489 e. The third-order valence-electron chi connectivity index (χ3n) is 3.51. The first kappa shape index (κ1) is 21.7. The summed E-state index contributed by atoms with van der Waals surface area (Å²) in [5, 5.41) is 19.6. The van der Waals surface area contributed by atoms with Crippen LogP contribution in [0.2, 0.25) is 0 Å². The van der Waals surface area contributed by atoms with Gasteiger partial charge in [-0.25, -0.2) is 4.79 Å². The Balaban J connectivity index is 0.00000163. The minimum absolute atomic E-state index is 0.152. The summed E-state index contributed by atoms with van der Waals surface area (Å²) in [6.07, 6.45) is -2.60. The molecule has 0 aliphatic carbocycles. The Morgan fingerprint density at radius 2 is 1.58 bits per heavy atom. The maximum absolute atomic E-state index is 11.4. The highest BCUT2D eigenvalue weighted by Crippen LogP contribution is 2.16. The SMILES string of the molecule is CC.CCOC(=O)C(O)C(O)Cc1ccc(OCc2ccccc2)cc1. The lowest BCUT2D eigenvalue weighted by Crippen LogP contribution is -2.36. The number of benzene rings is 2. The van der Waals surface area contributed by atoms with Gasteiger partial charge in [-0.1, -0.05) is 56.3 Å². The molecule has 0 saturated heterocycles. The Labute approximate surface area is 155 Å². The molecule has 5 nitrogen and oxygen atoms in total. The molecular weight excluding hydrogens is 332 g/mol. The van der Waals surface area contributed by atoms with Gasteiger partial charge in [0.05, 0.1) is 12.7 Å². The molecule has 0 bridgehead atoms. The molecule has 2 unspecified atom stereocenters. The summed E-state index contributed by atoms with van der Waals surface area (Å²) in [6.45, 7) is 6.28. The molecule has 2 rings (SSSR count). The van der Waals surface area contributed by atoms with E-state index in [0.717, 1.165) is 11.1 Å². The van der Waals surface area contributed by atoms with E-state index < -0.39 is 18.2 Å². The van der Waals surface area contributed by atoms with Gasteiger partial charge >= 0.3 is 5.97 Å². The van der Waals surface area contributed by atoms with Gasteiger partial charge < -0.3 is 19.7 Å². The van der Waals surface area contributed by atoms with Crippen molar-refractivity contribution in [1.82, 2.24) is 0 Å². The highest BCUT2D eigenvalue weighted by Gasteiger charge is 2.25. The summed E-state index contributed by atoms with van der Waals surface area (Å²) < 4.78 is 10.4. The molecule has 5 heteroatoms. The van der Waals surface area contributed by atoms with Crippen LogP contribution in [-0.2, 0) is 22.6 Å². The maximum Gasteiger partial charge on any atom is 0.337 e. The van der Waals surface area contributed by atoms with Gasteiger partial charge in [0.2, 0.25) is 0 Å². The van der Waals surface area contributed by atoms with E-state index in [1.54, 1.807) is 31.2 Å². The van der Waals surface area contributed by atoms with Gasteiger partial charge in [0.15, 0.2) is 6.10 Å². The van der Waals surface area contributed by atoms with E-state index in [-0.39, 0.29) is 13.0 Å². The molecule has 0 aliphatic rings. The zero-order valence-electron chi connectivity index (χ0n) is 15.6. The van der Waals surface area contributed by atoms with Crippen molar-refractivity contribution in [3.05, 3.63) is 65.7 Å². The first-order valence-corrected chi connectivity index (χ1v) is 8.88. The Hall–Kier alpha value is -2.37. The summed E-state index contributed by atoms with van der Waals surface area (Å²) in [5.41, 5.74) is 1.87. The van der Waals surface area contributed by atoms with Crippen molar-refractivity contribution in [2.24, 2.45) is 0 Å².